The fourth-order valence-electron chi connectivity index (χ4n) is 2.78. The Morgan fingerprint density at radius 2 is 1.72 bits per heavy atom. The molecule has 0 unspecified atom stereocenters. The molecule has 2 aromatic carbocycles. The van der Waals surface area contributed by atoms with Crippen molar-refractivity contribution in [3.8, 4) is 16.9 Å². The first kappa shape index (κ1) is 11.3. The van der Waals surface area contributed by atoms with Crippen molar-refractivity contribution in [1.29, 1.82) is 0 Å². The van der Waals surface area contributed by atoms with Crippen molar-refractivity contribution >= 4 is 0 Å². The standard InChI is InChI=1S/C17H17O/c1-11-9-14-7-8-18-17(14)15(10-11)16-12(2)5-4-6-13(16)3/h4-6,8-10H,7H2,1-3H3. The molecular formula is C17H17O. The molecule has 0 fully saturated rings. The summed E-state index contributed by atoms with van der Waals surface area (Å²) in [4.78, 5) is 0. The van der Waals surface area contributed by atoms with Crippen molar-refractivity contribution in [2.75, 3.05) is 0 Å². The third-order valence-corrected chi connectivity index (χ3v) is 3.57. The smallest absolute Gasteiger partial charge is 0.140 e. The van der Waals surface area contributed by atoms with Crippen LogP contribution in [-0.2, 0) is 6.42 Å². The van der Waals surface area contributed by atoms with Gasteiger partial charge in [-0.05, 0) is 54.7 Å². The van der Waals surface area contributed by atoms with Gasteiger partial charge in [0.05, 0.1) is 0 Å². The molecule has 0 aromatic heterocycles. The van der Waals surface area contributed by atoms with E-state index >= 15 is 0 Å². The summed E-state index contributed by atoms with van der Waals surface area (Å²) >= 11 is 0. The maximum Gasteiger partial charge on any atom is 0.140 e. The van der Waals surface area contributed by atoms with Crippen LogP contribution >= 0.6 is 0 Å². The third kappa shape index (κ3) is 1.71. The van der Waals surface area contributed by atoms with Crippen LogP contribution in [0.15, 0.2) is 30.3 Å². The second-order valence-corrected chi connectivity index (χ2v) is 5.06. The molecule has 91 valence electrons. The quantitative estimate of drug-likeness (QED) is 0.715. The SMILES string of the molecule is Cc1cc2c(c(-c3c(C)cccc3C)c1)O[CH]C2. The van der Waals surface area contributed by atoms with Gasteiger partial charge in [0.25, 0.3) is 0 Å². The van der Waals surface area contributed by atoms with Crippen molar-refractivity contribution in [3.05, 3.63) is 59.2 Å². The molecule has 0 bridgehead atoms. The molecule has 1 aliphatic rings. The van der Waals surface area contributed by atoms with Crippen LogP contribution in [0.4, 0.5) is 0 Å². The van der Waals surface area contributed by atoms with Crippen molar-refractivity contribution < 1.29 is 4.74 Å². The monoisotopic (exact) mass is 237 g/mol. The van der Waals surface area contributed by atoms with Gasteiger partial charge in [0.1, 0.15) is 12.4 Å². The lowest BCUT2D eigenvalue weighted by Gasteiger charge is -2.14. The molecule has 2 aromatic rings. The average molecular weight is 237 g/mol. The van der Waals surface area contributed by atoms with Crippen LogP contribution in [-0.4, -0.2) is 0 Å². The van der Waals surface area contributed by atoms with Crippen LogP contribution in [0.2, 0.25) is 0 Å². The van der Waals surface area contributed by atoms with Crippen molar-refractivity contribution in [2.45, 2.75) is 27.2 Å². The lowest BCUT2D eigenvalue weighted by molar-refractivity contribution is 0.436. The van der Waals surface area contributed by atoms with Crippen molar-refractivity contribution in [3.63, 3.8) is 0 Å². The van der Waals surface area contributed by atoms with Gasteiger partial charge in [0.15, 0.2) is 0 Å². The highest BCUT2D eigenvalue weighted by Crippen LogP contribution is 2.41. The van der Waals surface area contributed by atoms with Gasteiger partial charge in [-0.2, -0.15) is 0 Å². The Labute approximate surface area is 108 Å². The summed E-state index contributed by atoms with van der Waals surface area (Å²) in [5, 5.41) is 0. The third-order valence-electron chi connectivity index (χ3n) is 3.57. The fourth-order valence-corrected chi connectivity index (χ4v) is 2.78. The van der Waals surface area contributed by atoms with Crippen LogP contribution in [0, 0.1) is 27.4 Å². The van der Waals surface area contributed by atoms with E-state index in [4.69, 9.17) is 4.74 Å². The zero-order chi connectivity index (χ0) is 12.7. The van der Waals surface area contributed by atoms with E-state index in [1.54, 1.807) is 0 Å². The first-order valence-corrected chi connectivity index (χ1v) is 6.35. The van der Waals surface area contributed by atoms with E-state index in [1.807, 2.05) is 6.61 Å². The summed E-state index contributed by atoms with van der Waals surface area (Å²) in [6, 6.07) is 10.9. The molecule has 0 saturated heterocycles. The first-order chi connectivity index (χ1) is 8.66. The number of hydrogen-bond acceptors (Lipinski definition) is 1. The fraction of sp³-hybridized carbons (Fsp3) is 0.235. The Morgan fingerprint density at radius 3 is 2.44 bits per heavy atom. The highest BCUT2D eigenvalue weighted by atomic mass is 16.5. The number of fused-ring (bicyclic) bond motifs is 1. The number of rotatable bonds is 1. The predicted octanol–water partition coefficient (Wildman–Crippen LogP) is 4.38. The molecule has 0 aliphatic carbocycles. The molecule has 18 heavy (non-hydrogen) atoms. The van der Waals surface area contributed by atoms with E-state index < -0.39 is 0 Å². The Morgan fingerprint density at radius 1 is 1.00 bits per heavy atom. The lowest BCUT2D eigenvalue weighted by atomic mass is 9.92. The average Bonchev–Trinajstić information content (AvgIpc) is 2.76. The summed E-state index contributed by atoms with van der Waals surface area (Å²) in [6.45, 7) is 8.36. The van der Waals surface area contributed by atoms with Gasteiger partial charge in [-0.15, -0.1) is 0 Å². The zero-order valence-corrected chi connectivity index (χ0v) is 11.1. The van der Waals surface area contributed by atoms with E-state index in [2.05, 4.69) is 51.1 Å². The summed E-state index contributed by atoms with van der Waals surface area (Å²) in [6.07, 6.45) is 0.912. The maximum absolute atomic E-state index is 5.72. The molecule has 0 spiro atoms. The van der Waals surface area contributed by atoms with Crippen LogP contribution < -0.4 is 4.74 Å². The lowest BCUT2D eigenvalue weighted by Crippen LogP contribution is -1.92. The van der Waals surface area contributed by atoms with Gasteiger partial charge in [-0.3, -0.25) is 0 Å². The molecule has 0 N–H and O–H groups in total. The van der Waals surface area contributed by atoms with Gasteiger partial charge in [0.2, 0.25) is 0 Å². The van der Waals surface area contributed by atoms with Crippen molar-refractivity contribution in [2.24, 2.45) is 0 Å². The molecule has 1 heterocycles. The normalized spacial score (nSPS) is 13.3. The molecule has 3 rings (SSSR count). The summed E-state index contributed by atoms with van der Waals surface area (Å²) in [7, 11) is 0. The number of hydrogen-bond donors (Lipinski definition) is 0. The van der Waals surface area contributed by atoms with Crippen LogP contribution in [0.3, 0.4) is 0 Å². The maximum atomic E-state index is 5.72. The molecule has 0 atom stereocenters. The van der Waals surface area contributed by atoms with E-state index in [-0.39, 0.29) is 0 Å². The van der Waals surface area contributed by atoms with Crippen molar-refractivity contribution in [1.82, 2.24) is 0 Å². The molecule has 0 saturated carbocycles. The van der Waals surface area contributed by atoms with Crippen LogP contribution in [0.1, 0.15) is 22.3 Å². The molecule has 0 amide bonds. The van der Waals surface area contributed by atoms with E-state index in [9.17, 15) is 0 Å². The summed E-state index contributed by atoms with van der Waals surface area (Å²) in [5.41, 5.74) is 7.75. The van der Waals surface area contributed by atoms with Gasteiger partial charge in [-0.25, -0.2) is 0 Å². The second-order valence-electron chi connectivity index (χ2n) is 5.06. The largest absolute Gasteiger partial charge is 0.485 e. The Hall–Kier alpha value is -1.76. The van der Waals surface area contributed by atoms with Gasteiger partial charge in [-0.1, -0.05) is 24.3 Å². The number of aryl methyl sites for hydroxylation is 3. The molecular weight excluding hydrogens is 220 g/mol. The Bertz CT molecular complexity index is 591. The molecule has 1 heteroatoms. The van der Waals surface area contributed by atoms with Crippen LogP contribution in [0.5, 0.6) is 5.75 Å². The summed E-state index contributed by atoms with van der Waals surface area (Å²) < 4.78 is 5.72. The predicted molar refractivity (Wildman–Crippen MR) is 74.7 cm³/mol. The summed E-state index contributed by atoms with van der Waals surface area (Å²) in [5.74, 6) is 1.04. The second kappa shape index (κ2) is 4.16. The number of ether oxygens (including phenoxy) is 1. The van der Waals surface area contributed by atoms with Gasteiger partial charge in [0, 0.05) is 12.0 Å². The molecule has 1 nitrogen and oxygen atoms in total. The Kier molecular flexibility index (Phi) is 2.62. The Balaban J connectivity index is 2.30. The minimum atomic E-state index is 0.912. The van der Waals surface area contributed by atoms with Crippen LogP contribution in [0.25, 0.3) is 11.1 Å². The van der Waals surface area contributed by atoms with Gasteiger partial charge < -0.3 is 4.74 Å². The van der Waals surface area contributed by atoms with Gasteiger partial charge >= 0.3 is 0 Å². The topological polar surface area (TPSA) is 9.23 Å². The van der Waals surface area contributed by atoms with E-state index in [0.717, 1.165) is 12.2 Å². The zero-order valence-electron chi connectivity index (χ0n) is 11.1. The van der Waals surface area contributed by atoms with E-state index in [1.165, 1.54) is 33.4 Å². The number of benzene rings is 2. The minimum absolute atomic E-state index is 0.912. The highest BCUT2D eigenvalue weighted by molar-refractivity contribution is 5.78. The minimum Gasteiger partial charge on any atom is -0.485 e. The molecule has 1 radical (unpaired) electrons. The first-order valence-electron chi connectivity index (χ1n) is 6.35. The highest BCUT2D eigenvalue weighted by Gasteiger charge is 2.20. The van der Waals surface area contributed by atoms with E-state index in [0.29, 0.717) is 0 Å². The molecule has 1 aliphatic heterocycles.